The van der Waals surface area contributed by atoms with Gasteiger partial charge in [-0.25, -0.2) is 8.42 Å². The number of carbonyl (C=O) groups is 1. The van der Waals surface area contributed by atoms with E-state index in [0.29, 0.717) is 22.0 Å². The number of rotatable bonds is 3. The molecule has 0 spiro atoms. The van der Waals surface area contributed by atoms with Crippen LogP contribution in [0.15, 0.2) is 27.6 Å². The second kappa shape index (κ2) is 5.56. The van der Waals surface area contributed by atoms with Crippen LogP contribution in [0.3, 0.4) is 0 Å². The Morgan fingerprint density at radius 1 is 1.24 bits per heavy atom. The molecule has 2 saturated carbocycles. The second-order valence-electron chi connectivity index (χ2n) is 5.71. The van der Waals surface area contributed by atoms with Crippen molar-refractivity contribution < 1.29 is 13.2 Å². The third kappa shape index (κ3) is 3.12. The Labute approximate surface area is 136 Å². The predicted octanol–water partition coefficient (Wildman–Crippen LogP) is 3.75. The molecule has 2 atom stereocenters. The van der Waals surface area contributed by atoms with Crippen molar-refractivity contribution in [1.29, 1.82) is 0 Å². The molecule has 0 aromatic heterocycles. The Balaban J connectivity index is 1.72. The zero-order valence-corrected chi connectivity index (χ0v) is 14.3. The summed E-state index contributed by atoms with van der Waals surface area (Å²) < 4.78 is 23.0. The van der Waals surface area contributed by atoms with Gasteiger partial charge in [0, 0.05) is 21.1 Å². The summed E-state index contributed by atoms with van der Waals surface area (Å²) in [5, 5.41) is 2.88. The van der Waals surface area contributed by atoms with Crippen LogP contribution in [0.1, 0.15) is 25.7 Å². The first kappa shape index (κ1) is 15.3. The van der Waals surface area contributed by atoms with Crippen LogP contribution < -0.4 is 5.32 Å². The summed E-state index contributed by atoms with van der Waals surface area (Å²) in [5.74, 6) is 1.24. The SMILES string of the molecule is O=C(Nc1ccc(S(=O)(=O)Cl)cc1Br)C1C2CCCCC21. The van der Waals surface area contributed by atoms with Crippen molar-refractivity contribution >= 4 is 47.3 Å². The van der Waals surface area contributed by atoms with Crippen molar-refractivity contribution in [1.82, 2.24) is 0 Å². The van der Waals surface area contributed by atoms with E-state index in [2.05, 4.69) is 21.2 Å². The lowest BCUT2D eigenvalue weighted by Gasteiger charge is -2.08. The van der Waals surface area contributed by atoms with Gasteiger partial charge in [0.25, 0.3) is 9.05 Å². The maximum Gasteiger partial charge on any atom is 0.261 e. The number of anilines is 1. The van der Waals surface area contributed by atoms with Crippen molar-refractivity contribution in [2.24, 2.45) is 17.8 Å². The van der Waals surface area contributed by atoms with Crippen LogP contribution in [0.2, 0.25) is 0 Å². The van der Waals surface area contributed by atoms with Crippen LogP contribution in [0.25, 0.3) is 0 Å². The summed E-state index contributed by atoms with van der Waals surface area (Å²) in [6.45, 7) is 0. The molecule has 2 fully saturated rings. The first-order valence-electron chi connectivity index (χ1n) is 6.93. The van der Waals surface area contributed by atoms with Gasteiger partial charge in [0.1, 0.15) is 0 Å². The lowest BCUT2D eigenvalue weighted by atomic mass is 10.0. The number of carbonyl (C=O) groups excluding carboxylic acids is 1. The lowest BCUT2D eigenvalue weighted by molar-refractivity contribution is -0.117. The lowest BCUT2D eigenvalue weighted by Crippen LogP contribution is -2.16. The summed E-state index contributed by atoms with van der Waals surface area (Å²) in [6.07, 6.45) is 4.73. The Hall–Kier alpha value is -0.590. The topological polar surface area (TPSA) is 63.2 Å². The number of benzene rings is 1. The van der Waals surface area contributed by atoms with Gasteiger partial charge in [-0.15, -0.1) is 0 Å². The second-order valence-corrected chi connectivity index (χ2v) is 9.13. The highest BCUT2D eigenvalue weighted by Gasteiger charge is 2.54. The highest BCUT2D eigenvalue weighted by Crippen LogP contribution is 2.55. The normalized spacial score (nSPS) is 27.8. The minimum Gasteiger partial charge on any atom is -0.325 e. The standard InChI is InChI=1S/C14H15BrClNO3S/c15-11-7-8(21(16,19)20)5-6-12(11)17-14(18)13-9-3-1-2-4-10(9)13/h5-7,9-10,13H,1-4H2,(H,17,18). The summed E-state index contributed by atoms with van der Waals surface area (Å²) in [7, 11) is 1.53. The number of fused-ring (bicyclic) bond motifs is 1. The van der Waals surface area contributed by atoms with Gasteiger partial charge in [-0.05, 0) is 58.8 Å². The van der Waals surface area contributed by atoms with E-state index in [1.54, 1.807) is 6.07 Å². The quantitative estimate of drug-likeness (QED) is 0.797. The van der Waals surface area contributed by atoms with E-state index < -0.39 is 9.05 Å². The van der Waals surface area contributed by atoms with Gasteiger partial charge in [-0.2, -0.15) is 0 Å². The average molecular weight is 393 g/mol. The number of hydrogen-bond donors (Lipinski definition) is 1. The predicted molar refractivity (Wildman–Crippen MR) is 84.7 cm³/mol. The molecular formula is C14H15BrClNO3S. The fraction of sp³-hybridized carbons (Fsp3) is 0.500. The molecule has 0 saturated heterocycles. The maximum absolute atomic E-state index is 12.3. The number of amides is 1. The van der Waals surface area contributed by atoms with Crippen LogP contribution in [-0.2, 0) is 13.8 Å². The first-order chi connectivity index (χ1) is 9.88. The van der Waals surface area contributed by atoms with Crippen molar-refractivity contribution in [2.45, 2.75) is 30.6 Å². The number of nitrogens with one attached hydrogen (secondary N) is 1. The van der Waals surface area contributed by atoms with Crippen LogP contribution in [0.4, 0.5) is 5.69 Å². The van der Waals surface area contributed by atoms with E-state index in [0.717, 1.165) is 12.8 Å². The molecule has 0 heterocycles. The molecule has 1 aromatic rings. The number of halogens is 2. The van der Waals surface area contributed by atoms with Crippen molar-refractivity contribution in [3.8, 4) is 0 Å². The van der Waals surface area contributed by atoms with Gasteiger partial charge in [0.2, 0.25) is 5.91 Å². The maximum atomic E-state index is 12.3. The van der Waals surface area contributed by atoms with E-state index >= 15 is 0 Å². The monoisotopic (exact) mass is 391 g/mol. The Bertz CT molecular complexity index is 679. The van der Waals surface area contributed by atoms with E-state index in [1.165, 1.54) is 25.0 Å². The molecule has 2 unspecified atom stereocenters. The molecule has 1 N–H and O–H groups in total. The third-order valence-corrected chi connectivity index (χ3v) is 6.45. The molecule has 1 aromatic carbocycles. The molecule has 1 amide bonds. The van der Waals surface area contributed by atoms with Gasteiger partial charge in [-0.3, -0.25) is 4.79 Å². The van der Waals surface area contributed by atoms with Crippen LogP contribution >= 0.6 is 26.6 Å². The van der Waals surface area contributed by atoms with Crippen LogP contribution in [0.5, 0.6) is 0 Å². The molecule has 7 heteroatoms. The zero-order chi connectivity index (χ0) is 15.2. The first-order valence-corrected chi connectivity index (χ1v) is 10.0. The van der Waals surface area contributed by atoms with Gasteiger partial charge >= 0.3 is 0 Å². The smallest absolute Gasteiger partial charge is 0.261 e. The minimum absolute atomic E-state index is 0.00846. The molecular weight excluding hydrogens is 378 g/mol. The van der Waals surface area contributed by atoms with Gasteiger partial charge < -0.3 is 5.32 Å². The Morgan fingerprint density at radius 2 is 1.86 bits per heavy atom. The van der Waals surface area contributed by atoms with E-state index in [4.69, 9.17) is 10.7 Å². The zero-order valence-electron chi connectivity index (χ0n) is 11.2. The molecule has 2 aliphatic carbocycles. The summed E-state index contributed by atoms with van der Waals surface area (Å²) in [5.41, 5.74) is 0.577. The largest absolute Gasteiger partial charge is 0.325 e. The highest BCUT2D eigenvalue weighted by molar-refractivity contribution is 9.10. The molecule has 21 heavy (non-hydrogen) atoms. The summed E-state index contributed by atoms with van der Waals surface area (Å²) in [4.78, 5) is 12.3. The summed E-state index contributed by atoms with van der Waals surface area (Å²) >= 11 is 3.28. The third-order valence-electron chi connectivity index (χ3n) is 4.44. The highest BCUT2D eigenvalue weighted by atomic mass is 79.9. The molecule has 0 radical (unpaired) electrons. The van der Waals surface area contributed by atoms with Crippen LogP contribution in [0, 0.1) is 17.8 Å². The van der Waals surface area contributed by atoms with Crippen molar-refractivity contribution in [3.63, 3.8) is 0 Å². The molecule has 2 aliphatic rings. The van der Waals surface area contributed by atoms with Gasteiger partial charge in [0.05, 0.1) is 10.6 Å². The fourth-order valence-corrected chi connectivity index (χ4v) is 4.75. The molecule has 4 nitrogen and oxygen atoms in total. The molecule has 0 bridgehead atoms. The van der Waals surface area contributed by atoms with Crippen LogP contribution in [-0.4, -0.2) is 14.3 Å². The average Bonchev–Trinajstić information content (AvgIpc) is 3.14. The number of hydrogen-bond acceptors (Lipinski definition) is 3. The molecule has 0 aliphatic heterocycles. The Kier molecular flexibility index (Phi) is 4.05. The van der Waals surface area contributed by atoms with Gasteiger partial charge in [-0.1, -0.05) is 12.8 Å². The van der Waals surface area contributed by atoms with Crippen molar-refractivity contribution in [2.75, 3.05) is 5.32 Å². The Morgan fingerprint density at radius 3 is 2.38 bits per heavy atom. The fourth-order valence-electron chi connectivity index (χ4n) is 3.35. The van der Waals surface area contributed by atoms with E-state index in [9.17, 15) is 13.2 Å². The molecule has 3 rings (SSSR count). The van der Waals surface area contributed by atoms with Gasteiger partial charge in [0.15, 0.2) is 0 Å². The minimum atomic E-state index is -3.76. The molecule has 114 valence electrons. The van der Waals surface area contributed by atoms with Crippen molar-refractivity contribution in [3.05, 3.63) is 22.7 Å². The van der Waals surface area contributed by atoms with E-state index in [-0.39, 0.29) is 16.7 Å². The summed E-state index contributed by atoms with van der Waals surface area (Å²) in [6, 6.07) is 4.35. The van der Waals surface area contributed by atoms with E-state index in [1.807, 2.05) is 0 Å².